The number of ether oxygens (including phenoxy) is 2. The van der Waals surface area contributed by atoms with Crippen molar-refractivity contribution >= 4 is 11.7 Å². The first-order chi connectivity index (χ1) is 19.3. The summed E-state index contributed by atoms with van der Waals surface area (Å²) in [6, 6.07) is 28.9. The van der Waals surface area contributed by atoms with Crippen molar-refractivity contribution in [2.75, 3.05) is 5.32 Å². The van der Waals surface area contributed by atoms with Gasteiger partial charge in [0.05, 0.1) is 12.7 Å². The predicted octanol–water partition coefficient (Wildman–Crippen LogP) is 4.31. The predicted molar refractivity (Wildman–Crippen MR) is 147 cm³/mol. The highest BCUT2D eigenvalue weighted by Crippen LogP contribution is 2.42. The summed E-state index contributed by atoms with van der Waals surface area (Å²) in [5.41, 5.74) is -0.929. The first kappa shape index (κ1) is 27.4. The Hall–Kier alpha value is -4.18. The summed E-state index contributed by atoms with van der Waals surface area (Å²) in [5, 5.41) is 13.7. The number of aromatic nitrogens is 2. The number of alkyl halides is 1. The van der Waals surface area contributed by atoms with Gasteiger partial charge in [0.15, 0.2) is 11.9 Å². The first-order valence-corrected chi connectivity index (χ1v) is 13.0. The molecule has 1 unspecified atom stereocenters. The SMILES string of the molecule is C[C@]1(F)[C@H](O)[C@@H](C(Cc2ccccc2)OCc2ccccc2)O[C@H]1n1ccc(NC(=O)c2ccccc2)nc1=O. The van der Waals surface area contributed by atoms with Crippen molar-refractivity contribution in [3.05, 3.63) is 130 Å². The lowest BCUT2D eigenvalue weighted by molar-refractivity contribution is -0.113. The molecule has 0 spiro atoms. The second-order valence-corrected chi connectivity index (χ2v) is 9.90. The largest absolute Gasteiger partial charge is 0.387 e. The van der Waals surface area contributed by atoms with Crippen molar-refractivity contribution in [2.24, 2.45) is 0 Å². The third kappa shape index (κ3) is 6.02. The van der Waals surface area contributed by atoms with Crippen molar-refractivity contribution in [3.8, 4) is 0 Å². The van der Waals surface area contributed by atoms with Crippen LogP contribution in [0.15, 0.2) is 108 Å². The molecule has 40 heavy (non-hydrogen) atoms. The molecule has 1 aromatic heterocycles. The van der Waals surface area contributed by atoms with Crippen molar-refractivity contribution in [3.63, 3.8) is 0 Å². The second kappa shape index (κ2) is 11.9. The molecular formula is C31H30FN3O5. The molecule has 206 valence electrons. The maximum atomic E-state index is 16.1. The van der Waals surface area contributed by atoms with E-state index in [0.29, 0.717) is 12.0 Å². The molecule has 1 saturated heterocycles. The van der Waals surface area contributed by atoms with Crippen LogP contribution in [0.5, 0.6) is 0 Å². The van der Waals surface area contributed by atoms with E-state index in [2.05, 4.69) is 10.3 Å². The molecule has 0 saturated carbocycles. The van der Waals surface area contributed by atoms with Gasteiger partial charge in [-0.25, -0.2) is 9.18 Å². The van der Waals surface area contributed by atoms with Gasteiger partial charge in [0.2, 0.25) is 0 Å². The smallest absolute Gasteiger partial charge is 0.351 e. The number of nitrogens with zero attached hydrogens (tertiary/aromatic N) is 2. The van der Waals surface area contributed by atoms with Gasteiger partial charge in [-0.05, 0) is 36.2 Å². The van der Waals surface area contributed by atoms with Crippen LogP contribution in [0.4, 0.5) is 10.2 Å². The number of hydrogen-bond acceptors (Lipinski definition) is 6. The van der Waals surface area contributed by atoms with E-state index in [1.165, 1.54) is 19.2 Å². The van der Waals surface area contributed by atoms with Crippen LogP contribution >= 0.6 is 0 Å². The minimum atomic E-state index is -2.34. The fourth-order valence-electron chi connectivity index (χ4n) is 4.78. The Kier molecular flexibility index (Phi) is 8.16. The van der Waals surface area contributed by atoms with E-state index in [9.17, 15) is 14.7 Å². The Labute approximate surface area is 231 Å². The molecule has 5 atom stereocenters. The van der Waals surface area contributed by atoms with Crippen LogP contribution < -0.4 is 11.0 Å². The molecule has 8 nitrogen and oxygen atoms in total. The summed E-state index contributed by atoms with van der Waals surface area (Å²) in [4.78, 5) is 29.3. The molecule has 5 rings (SSSR count). The molecule has 2 heterocycles. The van der Waals surface area contributed by atoms with Crippen molar-refractivity contribution < 1.29 is 23.8 Å². The summed E-state index contributed by atoms with van der Waals surface area (Å²) in [7, 11) is 0. The molecule has 1 fully saturated rings. The Morgan fingerprint density at radius 1 is 1.02 bits per heavy atom. The quantitative estimate of drug-likeness (QED) is 0.326. The zero-order chi connectivity index (χ0) is 28.1. The number of rotatable bonds is 9. The molecule has 1 aliphatic heterocycles. The van der Waals surface area contributed by atoms with Crippen molar-refractivity contribution in [1.29, 1.82) is 0 Å². The van der Waals surface area contributed by atoms with E-state index in [-0.39, 0.29) is 12.4 Å². The van der Waals surface area contributed by atoms with Crippen LogP contribution in [-0.2, 0) is 22.5 Å². The summed E-state index contributed by atoms with van der Waals surface area (Å²) >= 11 is 0. The van der Waals surface area contributed by atoms with Gasteiger partial charge in [-0.15, -0.1) is 0 Å². The highest BCUT2D eigenvalue weighted by atomic mass is 19.1. The highest BCUT2D eigenvalue weighted by molar-refractivity contribution is 6.03. The summed E-state index contributed by atoms with van der Waals surface area (Å²) in [5.74, 6) is -0.425. The minimum Gasteiger partial charge on any atom is -0.387 e. The number of aliphatic hydroxyl groups excluding tert-OH is 1. The molecule has 1 aliphatic rings. The van der Waals surface area contributed by atoms with Crippen LogP contribution in [-0.4, -0.2) is 44.5 Å². The number of anilines is 1. The fourth-order valence-corrected chi connectivity index (χ4v) is 4.78. The zero-order valence-electron chi connectivity index (χ0n) is 21.9. The van der Waals surface area contributed by atoms with Crippen LogP contribution in [0.25, 0.3) is 0 Å². The van der Waals surface area contributed by atoms with Crippen molar-refractivity contribution in [1.82, 2.24) is 9.55 Å². The maximum Gasteiger partial charge on any atom is 0.351 e. The average Bonchev–Trinajstić information content (AvgIpc) is 3.21. The summed E-state index contributed by atoms with van der Waals surface area (Å²) in [6.07, 6.45) is -3.20. The lowest BCUT2D eigenvalue weighted by Crippen LogP contribution is -2.45. The molecule has 2 N–H and O–H groups in total. The Morgan fingerprint density at radius 2 is 1.62 bits per heavy atom. The second-order valence-electron chi connectivity index (χ2n) is 9.90. The van der Waals surface area contributed by atoms with Gasteiger partial charge in [0.1, 0.15) is 18.0 Å². The summed E-state index contributed by atoms with van der Waals surface area (Å²) < 4.78 is 29.3. The van der Waals surface area contributed by atoms with Gasteiger partial charge in [-0.3, -0.25) is 9.36 Å². The molecule has 3 aromatic carbocycles. The zero-order valence-corrected chi connectivity index (χ0v) is 21.9. The van der Waals surface area contributed by atoms with E-state index in [1.807, 2.05) is 60.7 Å². The number of carbonyl (C=O) groups excluding carboxylic acids is 1. The molecule has 0 bridgehead atoms. The fraction of sp³-hybridized carbons (Fsp3) is 0.258. The Balaban J connectivity index is 1.37. The van der Waals surface area contributed by atoms with E-state index in [0.717, 1.165) is 15.7 Å². The molecule has 9 heteroatoms. The molecule has 4 aromatic rings. The first-order valence-electron chi connectivity index (χ1n) is 13.0. The number of carbonyl (C=O) groups is 1. The van der Waals surface area contributed by atoms with Crippen LogP contribution in [0.3, 0.4) is 0 Å². The number of halogens is 1. The van der Waals surface area contributed by atoms with E-state index >= 15 is 4.39 Å². The van der Waals surface area contributed by atoms with Gasteiger partial charge in [-0.1, -0.05) is 78.9 Å². The maximum absolute atomic E-state index is 16.1. The van der Waals surface area contributed by atoms with Crippen molar-refractivity contribution in [2.45, 2.75) is 50.2 Å². The number of hydrogen-bond donors (Lipinski definition) is 2. The van der Waals surface area contributed by atoms with Gasteiger partial charge in [0, 0.05) is 18.2 Å². The van der Waals surface area contributed by atoms with Crippen LogP contribution in [0, 0.1) is 0 Å². The monoisotopic (exact) mass is 543 g/mol. The molecule has 0 aliphatic carbocycles. The average molecular weight is 544 g/mol. The third-order valence-corrected chi connectivity index (χ3v) is 6.97. The number of amides is 1. The lowest BCUT2D eigenvalue weighted by atomic mass is 9.93. The van der Waals surface area contributed by atoms with Crippen LogP contribution in [0.2, 0.25) is 0 Å². The van der Waals surface area contributed by atoms with E-state index in [1.54, 1.807) is 30.3 Å². The standard InChI is InChI=1S/C31H30FN3O5/c1-31(32)27(36)26(24(19-21-11-5-2-6-12-21)39-20-22-13-7-3-8-14-22)40-29(31)35-18-17-25(34-30(35)38)33-28(37)23-15-9-4-10-16-23/h2-18,24,26-27,29,36H,19-20H2,1H3,(H,33,34,37,38)/t24?,26-,27-,29-,31+/m1/s1. The summed E-state index contributed by atoms with van der Waals surface area (Å²) in [6.45, 7) is 1.42. The van der Waals surface area contributed by atoms with E-state index in [4.69, 9.17) is 9.47 Å². The lowest BCUT2D eigenvalue weighted by Gasteiger charge is -2.27. The van der Waals surface area contributed by atoms with Gasteiger partial charge in [-0.2, -0.15) is 4.98 Å². The normalized spacial score (nSPS) is 23.0. The minimum absolute atomic E-state index is 0.0129. The Morgan fingerprint density at radius 3 is 2.25 bits per heavy atom. The number of aliphatic hydroxyl groups is 1. The van der Waals surface area contributed by atoms with Gasteiger partial charge >= 0.3 is 5.69 Å². The third-order valence-electron chi connectivity index (χ3n) is 6.97. The van der Waals surface area contributed by atoms with Crippen LogP contribution in [0.1, 0.15) is 34.6 Å². The van der Waals surface area contributed by atoms with Gasteiger partial charge in [0.25, 0.3) is 5.91 Å². The molecular weight excluding hydrogens is 513 g/mol. The molecule has 0 radical (unpaired) electrons. The number of nitrogens with one attached hydrogen (secondary N) is 1. The van der Waals surface area contributed by atoms with E-state index < -0.39 is 41.8 Å². The highest BCUT2D eigenvalue weighted by Gasteiger charge is 2.57. The van der Waals surface area contributed by atoms with Gasteiger partial charge < -0.3 is 19.9 Å². The topological polar surface area (TPSA) is 103 Å². The Bertz CT molecular complexity index is 1480. The molecule has 1 amide bonds. The number of benzene rings is 3.